The molecular formula is C30H31NO6. The Balaban J connectivity index is 1.45. The largest absolute Gasteiger partial charge is 0.480 e. The first-order valence-electron chi connectivity index (χ1n) is 12.2. The zero-order valence-electron chi connectivity index (χ0n) is 21.4. The van der Waals surface area contributed by atoms with Crippen molar-refractivity contribution in [2.75, 3.05) is 13.7 Å². The number of carbonyl (C=O) groups excluding carboxylic acids is 2. The molecule has 192 valence electrons. The van der Waals surface area contributed by atoms with Crippen molar-refractivity contribution >= 4 is 18.0 Å². The van der Waals surface area contributed by atoms with Crippen molar-refractivity contribution in [1.82, 2.24) is 4.90 Å². The fourth-order valence-corrected chi connectivity index (χ4v) is 4.60. The molecule has 0 saturated heterocycles. The van der Waals surface area contributed by atoms with Crippen molar-refractivity contribution in [3.05, 3.63) is 95.1 Å². The van der Waals surface area contributed by atoms with Gasteiger partial charge in [0.25, 0.3) is 0 Å². The predicted molar refractivity (Wildman–Crippen MR) is 140 cm³/mol. The lowest BCUT2D eigenvalue weighted by Crippen LogP contribution is -2.44. The highest BCUT2D eigenvalue weighted by molar-refractivity contribution is 5.90. The molecule has 3 aromatic carbocycles. The zero-order valence-corrected chi connectivity index (χ0v) is 21.4. The monoisotopic (exact) mass is 501 g/mol. The molecule has 1 N–H and O–H groups in total. The Labute approximate surface area is 216 Å². The van der Waals surface area contributed by atoms with Crippen LogP contribution in [-0.2, 0) is 20.7 Å². The fourth-order valence-electron chi connectivity index (χ4n) is 4.60. The van der Waals surface area contributed by atoms with Crippen molar-refractivity contribution in [2.24, 2.45) is 0 Å². The van der Waals surface area contributed by atoms with Gasteiger partial charge < -0.3 is 14.6 Å². The van der Waals surface area contributed by atoms with Crippen LogP contribution in [0.25, 0.3) is 11.1 Å². The summed E-state index contributed by atoms with van der Waals surface area (Å²) < 4.78 is 11.0. The van der Waals surface area contributed by atoms with Gasteiger partial charge in [-0.2, -0.15) is 0 Å². The fraction of sp³-hybridized carbons (Fsp3) is 0.300. The molecule has 0 unspecified atom stereocenters. The molecule has 1 atom stereocenters. The molecule has 0 aromatic heterocycles. The van der Waals surface area contributed by atoms with E-state index >= 15 is 0 Å². The molecule has 0 radical (unpaired) electrons. The number of benzene rings is 3. The summed E-state index contributed by atoms with van der Waals surface area (Å²) in [5.74, 6) is -1.79. The maximum atomic E-state index is 13.0. The molecule has 0 bridgehead atoms. The second kappa shape index (κ2) is 10.5. The van der Waals surface area contributed by atoms with Crippen molar-refractivity contribution in [2.45, 2.75) is 44.8 Å². The van der Waals surface area contributed by atoms with E-state index < -0.39 is 29.7 Å². The highest BCUT2D eigenvalue weighted by atomic mass is 16.6. The van der Waals surface area contributed by atoms with Gasteiger partial charge in [0.05, 0.1) is 5.56 Å². The van der Waals surface area contributed by atoms with Gasteiger partial charge in [-0.25, -0.2) is 14.4 Å². The van der Waals surface area contributed by atoms with Crippen LogP contribution in [0.4, 0.5) is 4.79 Å². The first-order valence-corrected chi connectivity index (χ1v) is 12.2. The number of fused-ring (bicyclic) bond motifs is 3. The average Bonchev–Trinajstić information content (AvgIpc) is 3.18. The predicted octanol–water partition coefficient (Wildman–Crippen LogP) is 5.52. The van der Waals surface area contributed by atoms with E-state index in [1.54, 1.807) is 45.0 Å². The van der Waals surface area contributed by atoms with Gasteiger partial charge in [0.1, 0.15) is 18.2 Å². The van der Waals surface area contributed by atoms with Crippen LogP contribution < -0.4 is 0 Å². The van der Waals surface area contributed by atoms with E-state index in [0.717, 1.165) is 27.2 Å². The molecule has 0 fully saturated rings. The third-order valence-electron chi connectivity index (χ3n) is 6.37. The highest BCUT2D eigenvalue weighted by Gasteiger charge is 2.32. The molecule has 0 aliphatic heterocycles. The Morgan fingerprint density at radius 2 is 1.51 bits per heavy atom. The van der Waals surface area contributed by atoms with Crippen LogP contribution in [0.2, 0.25) is 0 Å². The molecule has 1 amide bonds. The van der Waals surface area contributed by atoms with E-state index in [2.05, 4.69) is 0 Å². The summed E-state index contributed by atoms with van der Waals surface area (Å²) in [5.41, 5.74) is 4.64. The standard InChI is InChI=1S/C30H31NO6/c1-30(2,3)37-28(34)20-11-9-10-19(16-20)17-26(27(32)33)31(4)29(35)36-18-25-23-14-7-5-12-21(23)22-13-6-8-15-24(22)25/h5-16,25-26H,17-18H2,1-4H3,(H,32,33)/t26-/m0/s1. The smallest absolute Gasteiger partial charge is 0.410 e. The average molecular weight is 502 g/mol. The third kappa shape index (κ3) is 5.82. The van der Waals surface area contributed by atoms with E-state index in [1.807, 2.05) is 48.5 Å². The van der Waals surface area contributed by atoms with Gasteiger partial charge in [-0.05, 0) is 60.7 Å². The van der Waals surface area contributed by atoms with Crippen LogP contribution in [0.3, 0.4) is 0 Å². The Morgan fingerprint density at radius 3 is 2.08 bits per heavy atom. The Morgan fingerprint density at radius 1 is 0.919 bits per heavy atom. The van der Waals surface area contributed by atoms with E-state index in [0.29, 0.717) is 11.1 Å². The number of amides is 1. The van der Waals surface area contributed by atoms with Gasteiger partial charge in [0.15, 0.2) is 0 Å². The molecular weight excluding hydrogens is 470 g/mol. The summed E-state index contributed by atoms with van der Waals surface area (Å²) in [4.78, 5) is 38.6. The number of ether oxygens (including phenoxy) is 2. The minimum Gasteiger partial charge on any atom is -0.480 e. The number of carboxylic acid groups (broad SMARTS) is 1. The molecule has 7 nitrogen and oxygen atoms in total. The number of carboxylic acids is 1. The van der Waals surface area contributed by atoms with Crippen LogP contribution in [0.5, 0.6) is 0 Å². The van der Waals surface area contributed by atoms with Gasteiger partial charge in [-0.15, -0.1) is 0 Å². The van der Waals surface area contributed by atoms with Gasteiger partial charge in [-0.1, -0.05) is 60.7 Å². The lowest BCUT2D eigenvalue weighted by atomic mass is 9.98. The van der Waals surface area contributed by atoms with Gasteiger partial charge in [0.2, 0.25) is 0 Å². The molecule has 4 rings (SSSR count). The van der Waals surface area contributed by atoms with Gasteiger partial charge in [0, 0.05) is 19.4 Å². The van der Waals surface area contributed by atoms with E-state index in [9.17, 15) is 19.5 Å². The SMILES string of the molecule is CN(C(=O)OCC1c2ccccc2-c2ccccc21)[C@@H](Cc1cccc(C(=O)OC(C)(C)C)c1)C(=O)O. The van der Waals surface area contributed by atoms with Crippen molar-refractivity contribution in [1.29, 1.82) is 0 Å². The summed E-state index contributed by atoms with van der Waals surface area (Å²) in [6, 6.07) is 21.4. The van der Waals surface area contributed by atoms with Crippen LogP contribution in [0.1, 0.15) is 53.7 Å². The number of rotatable bonds is 7. The molecule has 1 aliphatic carbocycles. The van der Waals surface area contributed by atoms with E-state index in [1.165, 1.54) is 7.05 Å². The molecule has 0 saturated carbocycles. The molecule has 3 aromatic rings. The molecule has 7 heteroatoms. The quantitative estimate of drug-likeness (QED) is 0.429. The van der Waals surface area contributed by atoms with E-state index in [4.69, 9.17) is 9.47 Å². The maximum Gasteiger partial charge on any atom is 0.410 e. The number of hydrogen-bond acceptors (Lipinski definition) is 5. The zero-order chi connectivity index (χ0) is 26.7. The molecule has 37 heavy (non-hydrogen) atoms. The van der Waals surface area contributed by atoms with Crippen molar-refractivity contribution < 1.29 is 29.0 Å². The summed E-state index contributed by atoms with van der Waals surface area (Å²) in [7, 11) is 1.41. The normalized spacial score (nSPS) is 13.3. The number of nitrogens with zero attached hydrogens (tertiary/aromatic N) is 1. The third-order valence-corrected chi connectivity index (χ3v) is 6.37. The number of carbonyl (C=O) groups is 3. The van der Waals surface area contributed by atoms with Gasteiger partial charge >= 0.3 is 18.0 Å². The summed E-state index contributed by atoms with van der Waals surface area (Å²) in [6.45, 7) is 5.42. The number of esters is 1. The lowest BCUT2D eigenvalue weighted by molar-refractivity contribution is -0.142. The lowest BCUT2D eigenvalue weighted by Gasteiger charge is -2.25. The summed E-state index contributed by atoms with van der Waals surface area (Å²) >= 11 is 0. The first kappa shape index (κ1) is 25.9. The number of aliphatic carboxylic acids is 1. The number of hydrogen-bond donors (Lipinski definition) is 1. The Hall–Kier alpha value is -4.13. The highest BCUT2D eigenvalue weighted by Crippen LogP contribution is 2.44. The van der Waals surface area contributed by atoms with Crippen molar-refractivity contribution in [3.63, 3.8) is 0 Å². The maximum absolute atomic E-state index is 13.0. The van der Waals surface area contributed by atoms with Crippen LogP contribution >= 0.6 is 0 Å². The van der Waals surface area contributed by atoms with Crippen LogP contribution in [0.15, 0.2) is 72.8 Å². The summed E-state index contributed by atoms with van der Waals surface area (Å²) in [6.07, 6.45) is -0.718. The Bertz CT molecular complexity index is 1280. The van der Waals surface area contributed by atoms with Gasteiger partial charge in [-0.3, -0.25) is 4.90 Å². The second-order valence-electron chi connectivity index (χ2n) is 10.2. The molecule has 1 aliphatic rings. The second-order valence-corrected chi connectivity index (χ2v) is 10.2. The topological polar surface area (TPSA) is 93.1 Å². The molecule has 0 heterocycles. The van der Waals surface area contributed by atoms with Crippen molar-refractivity contribution in [3.8, 4) is 11.1 Å². The minimum absolute atomic E-state index is 0.00661. The Kier molecular flexibility index (Phi) is 7.34. The minimum atomic E-state index is -1.18. The van der Waals surface area contributed by atoms with Crippen LogP contribution in [-0.4, -0.2) is 53.3 Å². The van der Waals surface area contributed by atoms with E-state index in [-0.39, 0.29) is 18.9 Å². The summed E-state index contributed by atoms with van der Waals surface area (Å²) in [5, 5.41) is 9.88. The number of likely N-dealkylation sites (N-methyl/N-ethyl adjacent to an activating group) is 1. The first-order chi connectivity index (χ1) is 17.5. The van der Waals surface area contributed by atoms with Crippen LogP contribution in [0, 0.1) is 0 Å². The molecule has 0 spiro atoms.